The van der Waals surface area contributed by atoms with Crippen LogP contribution in [0.5, 0.6) is 0 Å². The Hall–Kier alpha value is -0.870. The molecule has 2 N–H and O–H groups in total. The number of methoxy groups -OCH3 is 1. The third kappa shape index (κ3) is 2.16. The molecule has 0 bridgehead atoms. The van der Waals surface area contributed by atoms with Gasteiger partial charge in [-0.1, -0.05) is 25.5 Å². The molecular weight excluding hydrogens is 316 g/mol. The van der Waals surface area contributed by atoms with Gasteiger partial charge in [0.2, 0.25) is 0 Å². The quantitative estimate of drug-likeness (QED) is 0.564. The Kier molecular flexibility index (Phi) is 3.90. The summed E-state index contributed by atoms with van der Waals surface area (Å²) in [6.45, 7) is 4.51. The van der Waals surface area contributed by atoms with E-state index in [1.807, 2.05) is 0 Å². The van der Waals surface area contributed by atoms with Crippen molar-refractivity contribution in [2.24, 2.45) is 28.6 Å². The van der Waals surface area contributed by atoms with Crippen molar-refractivity contribution < 1.29 is 19.7 Å². The molecule has 3 fully saturated rings. The average molecular weight is 348 g/mol. The van der Waals surface area contributed by atoms with E-state index < -0.39 is 11.6 Å². The predicted octanol–water partition coefficient (Wildman–Crippen LogP) is 3.21. The number of esters is 1. The first-order chi connectivity index (χ1) is 11.8. The molecule has 4 nitrogen and oxygen atoms in total. The molecule has 0 aromatic heterocycles. The van der Waals surface area contributed by atoms with Gasteiger partial charge in [-0.05, 0) is 74.5 Å². The van der Waals surface area contributed by atoms with Gasteiger partial charge in [-0.25, -0.2) is 4.79 Å². The molecule has 0 aliphatic heterocycles. The molecule has 0 heterocycles. The number of carbonyl (C=O) groups is 1. The highest BCUT2D eigenvalue weighted by Gasteiger charge is 2.66. The Bertz CT molecular complexity index is 613. The van der Waals surface area contributed by atoms with Crippen LogP contribution in [0.4, 0.5) is 0 Å². The van der Waals surface area contributed by atoms with E-state index in [0.717, 1.165) is 44.9 Å². The molecule has 4 rings (SSSR count). The summed E-state index contributed by atoms with van der Waals surface area (Å²) in [5, 5.41) is 21.3. The van der Waals surface area contributed by atoms with Crippen molar-refractivity contribution in [3.8, 4) is 0 Å². The van der Waals surface area contributed by atoms with E-state index in [4.69, 9.17) is 4.74 Å². The van der Waals surface area contributed by atoms with E-state index in [2.05, 4.69) is 19.9 Å². The summed E-state index contributed by atoms with van der Waals surface area (Å²) in [7, 11) is 1.38. The van der Waals surface area contributed by atoms with Crippen LogP contribution >= 0.6 is 0 Å². The van der Waals surface area contributed by atoms with E-state index in [-0.39, 0.29) is 16.9 Å². The second-order valence-corrected chi connectivity index (χ2v) is 9.50. The summed E-state index contributed by atoms with van der Waals surface area (Å²) in [6.07, 6.45) is 9.38. The van der Waals surface area contributed by atoms with E-state index >= 15 is 0 Å². The molecule has 25 heavy (non-hydrogen) atoms. The van der Waals surface area contributed by atoms with E-state index in [9.17, 15) is 15.0 Å². The van der Waals surface area contributed by atoms with Gasteiger partial charge in [0, 0.05) is 5.41 Å². The predicted molar refractivity (Wildman–Crippen MR) is 94.7 cm³/mol. The Labute approximate surface area is 150 Å². The fourth-order valence-corrected chi connectivity index (χ4v) is 7.16. The van der Waals surface area contributed by atoms with E-state index in [1.54, 1.807) is 0 Å². The van der Waals surface area contributed by atoms with Crippen LogP contribution in [0.15, 0.2) is 11.6 Å². The lowest BCUT2D eigenvalue weighted by Gasteiger charge is -2.58. The molecular formula is C21H32O4. The minimum absolute atomic E-state index is 0.180. The Balaban J connectivity index is 1.68. The van der Waals surface area contributed by atoms with Crippen molar-refractivity contribution in [2.45, 2.75) is 76.9 Å². The van der Waals surface area contributed by atoms with Crippen molar-refractivity contribution in [3.63, 3.8) is 0 Å². The van der Waals surface area contributed by atoms with Gasteiger partial charge < -0.3 is 14.9 Å². The fourth-order valence-electron chi connectivity index (χ4n) is 7.16. The lowest BCUT2D eigenvalue weighted by atomic mass is 9.47. The van der Waals surface area contributed by atoms with Gasteiger partial charge in [0.25, 0.3) is 0 Å². The molecule has 0 aromatic rings. The number of hydrogen-bond acceptors (Lipinski definition) is 4. The van der Waals surface area contributed by atoms with Crippen LogP contribution in [0, 0.1) is 28.6 Å². The van der Waals surface area contributed by atoms with Crippen LogP contribution in [0.2, 0.25) is 0 Å². The minimum atomic E-state index is -1.33. The Morgan fingerprint density at radius 1 is 1.16 bits per heavy atom. The van der Waals surface area contributed by atoms with Crippen LogP contribution in [0.1, 0.15) is 65.2 Å². The first-order valence-corrected chi connectivity index (χ1v) is 9.94. The summed E-state index contributed by atoms with van der Waals surface area (Å²) < 4.78 is 4.98. The standard InChI is InChI=1S/C21H32O4/c1-19-9-6-14(22)12-13(19)4-5-15-16(19)7-10-20(2)17(15)8-11-21(20,24)18(23)25-3/h4,14-17,22,24H,5-12H2,1-3H3/t14-,15-,16-,17-,19+,20+,21-/m1/s1. The highest BCUT2D eigenvalue weighted by molar-refractivity contribution is 5.81. The number of allylic oxidation sites excluding steroid dienone is 1. The summed E-state index contributed by atoms with van der Waals surface area (Å²) in [5.74, 6) is 1.06. The van der Waals surface area contributed by atoms with Gasteiger partial charge in [0.1, 0.15) is 0 Å². The van der Waals surface area contributed by atoms with Crippen LogP contribution in [0.25, 0.3) is 0 Å². The molecule has 7 atom stereocenters. The normalized spacial score (nSPS) is 51.8. The monoisotopic (exact) mass is 348 g/mol. The van der Waals surface area contributed by atoms with Crippen molar-refractivity contribution in [3.05, 3.63) is 11.6 Å². The third-order valence-electron chi connectivity index (χ3n) is 8.75. The summed E-state index contributed by atoms with van der Waals surface area (Å²) in [4.78, 5) is 12.4. The SMILES string of the molecule is COC(=O)[C@]1(O)CC[C@@H]2[C@@H]3CC=C4C[C@H](O)CC[C@]4(C)[C@@H]3CC[C@@]21C. The van der Waals surface area contributed by atoms with E-state index in [1.165, 1.54) is 12.7 Å². The van der Waals surface area contributed by atoms with Gasteiger partial charge >= 0.3 is 5.97 Å². The number of hydrogen-bond donors (Lipinski definition) is 2. The largest absolute Gasteiger partial charge is 0.467 e. The Morgan fingerprint density at radius 3 is 2.60 bits per heavy atom. The molecule has 0 unspecified atom stereocenters. The van der Waals surface area contributed by atoms with Crippen molar-refractivity contribution in [2.75, 3.05) is 7.11 Å². The lowest BCUT2D eigenvalue weighted by molar-refractivity contribution is -0.184. The highest BCUT2D eigenvalue weighted by atomic mass is 16.5. The van der Waals surface area contributed by atoms with Crippen LogP contribution in [-0.2, 0) is 9.53 Å². The van der Waals surface area contributed by atoms with Crippen LogP contribution < -0.4 is 0 Å². The molecule has 3 saturated carbocycles. The Morgan fingerprint density at radius 2 is 1.88 bits per heavy atom. The van der Waals surface area contributed by atoms with Gasteiger partial charge in [-0.3, -0.25) is 0 Å². The number of fused-ring (bicyclic) bond motifs is 5. The summed E-state index contributed by atoms with van der Waals surface area (Å²) in [6, 6.07) is 0. The number of ether oxygens (including phenoxy) is 1. The van der Waals surface area contributed by atoms with Gasteiger partial charge in [0.05, 0.1) is 13.2 Å². The average Bonchev–Trinajstić information content (AvgIpc) is 2.87. The van der Waals surface area contributed by atoms with Gasteiger partial charge in [-0.15, -0.1) is 0 Å². The van der Waals surface area contributed by atoms with Crippen molar-refractivity contribution >= 4 is 5.97 Å². The first kappa shape index (κ1) is 17.5. The van der Waals surface area contributed by atoms with Crippen molar-refractivity contribution in [1.82, 2.24) is 0 Å². The molecule has 0 spiro atoms. The molecule has 4 aliphatic carbocycles. The second-order valence-electron chi connectivity index (χ2n) is 9.50. The topological polar surface area (TPSA) is 66.8 Å². The zero-order valence-electron chi connectivity index (χ0n) is 15.8. The number of aliphatic hydroxyl groups excluding tert-OH is 1. The molecule has 0 saturated heterocycles. The number of rotatable bonds is 1. The van der Waals surface area contributed by atoms with Gasteiger partial charge in [-0.2, -0.15) is 0 Å². The van der Waals surface area contributed by atoms with E-state index in [0.29, 0.717) is 24.2 Å². The number of aliphatic hydroxyl groups is 2. The van der Waals surface area contributed by atoms with Crippen LogP contribution in [-0.4, -0.2) is 35.0 Å². The molecule has 0 amide bonds. The second kappa shape index (κ2) is 5.56. The molecule has 140 valence electrons. The lowest BCUT2D eigenvalue weighted by Crippen LogP contribution is -2.57. The maximum absolute atomic E-state index is 12.4. The van der Waals surface area contributed by atoms with Gasteiger partial charge in [0.15, 0.2) is 5.60 Å². The summed E-state index contributed by atoms with van der Waals surface area (Å²) in [5.41, 5.74) is -0.0604. The molecule has 4 heteroatoms. The first-order valence-electron chi connectivity index (χ1n) is 9.94. The minimum Gasteiger partial charge on any atom is -0.467 e. The van der Waals surface area contributed by atoms with Crippen LogP contribution in [0.3, 0.4) is 0 Å². The van der Waals surface area contributed by atoms with Crippen molar-refractivity contribution in [1.29, 1.82) is 0 Å². The maximum Gasteiger partial charge on any atom is 0.338 e. The smallest absolute Gasteiger partial charge is 0.338 e. The number of carbonyl (C=O) groups excluding carboxylic acids is 1. The molecule has 0 aromatic carbocycles. The maximum atomic E-state index is 12.4. The molecule has 0 radical (unpaired) electrons. The third-order valence-corrected chi connectivity index (χ3v) is 8.75. The zero-order chi connectivity index (χ0) is 18.0. The molecule has 4 aliphatic rings. The summed E-state index contributed by atoms with van der Waals surface area (Å²) >= 11 is 0. The highest BCUT2D eigenvalue weighted by Crippen LogP contribution is 2.67. The fraction of sp³-hybridized carbons (Fsp3) is 0.857. The zero-order valence-corrected chi connectivity index (χ0v) is 15.8.